The van der Waals surface area contributed by atoms with Gasteiger partial charge in [-0.15, -0.1) is 0 Å². The molecule has 0 spiro atoms. The first-order chi connectivity index (χ1) is 10.3. The normalized spacial score (nSPS) is 15.5. The lowest BCUT2D eigenvalue weighted by Crippen LogP contribution is -1.99. The zero-order valence-corrected chi connectivity index (χ0v) is 13.0. The third-order valence-corrected chi connectivity index (χ3v) is 4.55. The van der Waals surface area contributed by atoms with Crippen LogP contribution in [0.5, 0.6) is 5.75 Å². The van der Waals surface area contributed by atoms with E-state index in [0.29, 0.717) is 0 Å². The molecule has 2 aromatic rings. The van der Waals surface area contributed by atoms with Crippen LogP contribution in [0.25, 0.3) is 11.8 Å². The molecule has 0 bridgehead atoms. The van der Waals surface area contributed by atoms with Crippen molar-refractivity contribution in [1.29, 1.82) is 0 Å². The molecule has 1 aliphatic rings. The number of aliphatic imine (C=N–C) groups is 1. The zero-order chi connectivity index (χ0) is 14.7. The van der Waals surface area contributed by atoms with E-state index in [0.717, 1.165) is 28.5 Å². The van der Waals surface area contributed by atoms with Crippen LogP contribution in [0.1, 0.15) is 24.5 Å². The van der Waals surface area contributed by atoms with Gasteiger partial charge in [0, 0.05) is 10.5 Å². The van der Waals surface area contributed by atoms with Gasteiger partial charge in [-0.2, -0.15) is 0 Å². The lowest BCUT2D eigenvalue weighted by Gasteiger charge is -2.17. The smallest absolute Gasteiger partial charge is 0.118 e. The number of fused-ring (bicyclic) bond motifs is 1. The van der Waals surface area contributed by atoms with Crippen molar-refractivity contribution in [3.8, 4) is 5.75 Å². The minimum Gasteiger partial charge on any atom is -0.497 e. The van der Waals surface area contributed by atoms with Gasteiger partial charge in [-0.3, -0.25) is 0 Å². The van der Waals surface area contributed by atoms with E-state index in [1.54, 1.807) is 18.9 Å². The molecule has 0 fully saturated rings. The van der Waals surface area contributed by atoms with E-state index in [1.165, 1.54) is 10.5 Å². The van der Waals surface area contributed by atoms with Gasteiger partial charge >= 0.3 is 0 Å². The van der Waals surface area contributed by atoms with Crippen LogP contribution in [0.4, 0.5) is 0 Å². The van der Waals surface area contributed by atoms with Crippen LogP contribution >= 0.6 is 11.8 Å². The van der Waals surface area contributed by atoms with Gasteiger partial charge in [0.2, 0.25) is 0 Å². The van der Waals surface area contributed by atoms with Crippen molar-refractivity contribution in [2.75, 3.05) is 7.11 Å². The number of benzene rings is 2. The molecule has 0 N–H and O–H groups in total. The molecular weight excluding hydrogens is 278 g/mol. The second-order valence-corrected chi connectivity index (χ2v) is 5.88. The maximum absolute atomic E-state index is 5.20. The third-order valence-electron chi connectivity index (χ3n) is 3.36. The maximum atomic E-state index is 5.20. The number of rotatable bonds is 3. The first-order valence-corrected chi connectivity index (χ1v) is 7.82. The fourth-order valence-electron chi connectivity index (χ4n) is 2.23. The number of thioether (sulfide) groups is 1. The van der Waals surface area contributed by atoms with E-state index < -0.39 is 0 Å². The lowest BCUT2D eigenvalue weighted by molar-refractivity contribution is 0.415. The van der Waals surface area contributed by atoms with Crippen LogP contribution in [0, 0.1) is 0 Å². The van der Waals surface area contributed by atoms with Crippen molar-refractivity contribution in [1.82, 2.24) is 0 Å². The molecule has 0 radical (unpaired) electrons. The Bertz CT molecular complexity index is 701. The third kappa shape index (κ3) is 3.03. The molecule has 1 heterocycles. The standard InChI is InChI=1S/C18H17NOS/c1-3-18-19-16(15-6-4-5-7-17(15)21-18)12-13-8-10-14(20-2)11-9-13/h4-12H,3H2,1-2H3/b16-12+. The summed E-state index contributed by atoms with van der Waals surface area (Å²) in [6.07, 6.45) is 3.09. The fraction of sp³-hybridized carbons (Fsp3) is 0.167. The molecule has 0 aliphatic carbocycles. The van der Waals surface area contributed by atoms with Crippen LogP contribution in [-0.2, 0) is 0 Å². The van der Waals surface area contributed by atoms with E-state index in [-0.39, 0.29) is 0 Å². The summed E-state index contributed by atoms with van der Waals surface area (Å²) in [6, 6.07) is 16.5. The molecule has 0 saturated carbocycles. The van der Waals surface area contributed by atoms with Crippen molar-refractivity contribution < 1.29 is 4.74 Å². The number of hydrogen-bond donors (Lipinski definition) is 0. The molecule has 0 amide bonds. The van der Waals surface area contributed by atoms with Crippen LogP contribution in [0.2, 0.25) is 0 Å². The SMILES string of the molecule is CCC1=N/C(=C/c2ccc(OC)cc2)c2ccccc2S1. The van der Waals surface area contributed by atoms with Crippen molar-refractivity contribution in [2.45, 2.75) is 18.2 Å². The van der Waals surface area contributed by atoms with Crippen molar-refractivity contribution in [2.24, 2.45) is 4.99 Å². The highest BCUT2D eigenvalue weighted by atomic mass is 32.2. The Morgan fingerprint density at radius 1 is 1.10 bits per heavy atom. The Morgan fingerprint density at radius 2 is 1.86 bits per heavy atom. The lowest BCUT2D eigenvalue weighted by atomic mass is 10.1. The predicted octanol–water partition coefficient (Wildman–Crippen LogP) is 5.11. The first-order valence-electron chi connectivity index (χ1n) is 7.00. The Kier molecular flexibility index (Phi) is 4.11. The topological polar surface area (TPSA) is 21.6 Å². The Balaban J connectivity index is 2.03. The number of nitrogens with zero attached hydrogens (tertiary/aromatic N) is 1. The molecule has 1 aliphatic heterocycles. The van der Waals surface area contributed by atoms with E-state index in [2.05, 4.69) is 49.4 Å². The van der Waals surface area contributed by atoms with Crippen LogP contribution < -0.4 is 4.74 Å². The molecular formula is C18H17NOS. The molecule has 106 valence electrons. The van der Waals surface area contributed by atoms with Crippen molar-refractivity contribution in [3.63, 3.8) is 0 Å². The molecule has 0 unspecified atom stereocenters. The van der Waals surface area contributed by atoms with Gasteiger partial charge in [0.15, 0.2) is 0 Å². The minimum atomic E-state index is 0.870. The van der Waals surface area contributed by atoms with Crippen LogP contribution in [-0.4, -0.2) is 12.2 Å². The van der Waals surface area contributed by atoms with Crippen LogP contribution in [0.3, 0.4) is 0 Å². The van der Waals surface area contributed by atoms with Crippen molar-refractivity contribution in [3.05, 3.63) is 59.7 Å². The van der Waals surface area contributed by atoms with E-state index in [9.17, 15) is 0 Å². The average Bonchev–Trinajstić information content (AvgIpc) is 2.55. The molecule has 2 nitrogen and oxygen atoms in total. The summed E-state index contributed by atoms with van der Waals surface area (Å²) in [5, 5.41) is 1.16. The zero-order valence-electron chi connectivity index (χ0n) is 12.2. The van der Waals surface area contributed by atoms with Gasteiger partial charge in [-0.05, 0) is 36.3 Å². The van der Waals surface area contributed by atoms with Gasteiger partial charge < -0.3 is 4.74 Å². The summed E-state index contributed by atoms with van der Waals surface area (Å²) in [7, 11) is 1.68. The molecule has 3 heteroatoms. The fourth-order valence-corrected chi connectivity index (χ4v) is 3.20. The quantitative estimate of drug-likeness (QED) is 0.785. The van der Waals surface area contributed by atoms with Crippen LogP contribution in [0.15, 0.2) is 58.4 Å². The van der Waals surface area contributed by atoms with Gasteiger partial charge in [-0.25, -0.2) is 4.99 Å². The minimum absolute atomic E-state index is 0.870. The highest BCUT2D eigenvalue weighted by Crippen LogP contribution is 2.37. The molecule has 0 atom stereocenters. The largest absolute Gasteiger partial charge is 0.497 e. The van der Waals surface area contributed by atoms with E-state index >= 15 is 0 Å². The van der Waals surface area contributed by atoms with E-state index in [1.807, 2.05) is 12.1 Å². The molecule has 0 aromatic heterocycles. The summed E-state index contributed by atoms with van der Waals surface area (Å²) in [5.41, 5.74) is 3.37. The van der Waals surface area contributed by atoms with Gasteiger partial charge in [0.05, 0.1) is 17.9 Å². The average molecular weight is 295 g/mol. The van der Waals surface area contributed by atoms with E-state index in [4.69, 9.17) is 9.73 Å². The summed E-state index contributed by atoms with van der Waals surface area (Å²) in [4.78, 5) is 6.07. The highest BCUT2D eigenvalue weighted by Gasteiger charge is 2.15. The van der Waals surface area contributed by atoms with Crippen molar-refractivity contribution >= 4 is 28.6 Å². The number of methoxy groups -OCH3 is 1. The molecule has 21 heavy (non-hydrogen) atoms. The molecule has 3 rings (SSSR count). The maximum Gasteiger partial charge on any atom is 0.118 e. The monoisotopic (exact) mass is 295 g/mol. The second-order valence-electron chi connectivity index (χ2n) is 4.76. The van der Waals surface area contributed by atoms with Gasteiger partial charge in [-0.1, -0.05) is 49.0 Å². The summed E-state index contributed by atoms with van der Waals surface area (Å²) in [6.45, 7) is 2.14. The summed E-state index contributed by atoms with van der Waals surface area (Å²) in [5.74, 6) is 0.870. The second kappa shape index (κ2) is 6.19. The van der Waals surface area contributed by atoms with Gasteiger partial charge in [0.1, 0.15) is 5.75 Å². The molecule has 2 aromatic carbocycles. The number of hydrogen-bond acceptors (Lipinski definition) is 3. The summed E-state index contributed by atoms with van der Waals surface area (Å²) < 4.78 is 5.20. The Hall–Kier alpha value is -2.00. The first kappa shape index (κ1) is 14.0. The Labute approximate surface area is 129 Å². The summed E-state index contributed by atoms with van der Waals surface area (Å²) >= 11 is 1.77. The molecule has 0 saturated heterocycles. The number of ether oxygens (including phenoxy) is 1. The Morgan fingerprint density at radius 3 is 2.57 bits per heavy atom. The van der Waals surface area contributed by atoms with Gasteiger partial charge in [0.25, 0.3) is 0 Å². The highest BCUT2D eigenvalue weighted by molar-refractivity contribution is 8.14. The predicted molar refractivity (Wildman–Crippen MR) is 90.9 cm³/mol.